The largest absolute Gasteiger partial charge is 0.486 e. The van der Waals surface area contributed by atoms with E-state index in [1.54, 1.807) is 11.0 Å². The molecule has 3 atom stereocenters. The van der Waals surface area contributed by atoms with Gasteiger partial charge in [-0.05, 0) is 37.0 Å². The zero-order chi connectivity index (χ0) is 28.5. The zero-order valence-electron chi connectivity index (χ0n) is 23.1. The molecule has 0 aromatic heterocycles. The Bertz CT molecular complexity index is 1180. The van der Waals surface area contributed by atoms with Crippen molar-refractivity contribution in [3.63, 3.8) is 0 Å². The topological polar surface area (TPSA) is 106 Å². The van der Waals surface area contributed by atoms with Crippen LogP contribution in [0.2, 0.25) is 0 Å². The van der Waals surface area contributed by atoms with E-state index < -0.39 is 24.6 Å². The van der Waals surface area contributed by atoms with Gasteiger partial charge in [0.25, 0.3) is 11.8 Å². The maximum absolute atomic E-state index is 14.0. The fourth-order valence-corrected chi connectivity index (χ4v) is 5.13. The van der Waals surface area contributed by atoms with Crippen LogP contribution >= 0.6 is 0 Å². The minimum absolute atomic E-state index is 0.134. The van der Waals surface area contributed by atoms with Crippen molar-refractivity contribution in [2.24, 2.45) is 0 Å². The fourth-order valence-electron chi connectivity index (χ4n) is 5.13. The smallest absolute Gasteiger partial charge is 0.409 e. The van der Waals surface area contributed by atoms with Crippen molar-refractivity contribution in [2.45, 2.75) is 50.7 Å². The van der Waals surface area contributed by atoms with Crippen LogP contribution in [-0.4, -0.2) is 81.6 Å². The molecule has 0 spiro atoms. The van der Waals surface area contributed by atoms with Crippen LogP contribution < -0.4 is 15.4 Å². The number of ether oxygens (including phenoxy) is 3. The van der Waals surface area contributed by atoms with Gasteiger partial charge in [0.1, 0.15) is 18.5 Å². The molecular formula is C30H38FN3O6. The molecule has 0 saturated carbocycles. The highest BCUT2D eigenvalue weighted by atomic mass is 19.1. The van der Waals surface area contributed by atoms with Gasteiger partial charge in [0.2, 0.25) is 0 Å². The second kappa shape index (κ2) is 14.1. The third-order valence-corrected chi connectivity index (χ3v) is 7.25. The number of carbonyl (C=O) groups is 3. The lowest BCUT2D eigenvalue weighted by Gasteiger charge is -2.32. The Morgan fingerprint density at radius 2 is 1.93 bits per heavy atom. The Hall–Kier alpha value is -3.66. The summed E-state index contributed by atoms with van der Waals surface area (Å²) in [5, 5.41) is 5.50. The maximum atomic E-state index is 14.0. The first-order valence-electron chi connectivity index (χ1n) is 14.0. The molecule has 216 valence electrons. The summed E-state index contributed by atoms with van der Waals surface area (Å²) in [5.41, 5.74) is 1.96. The summed E-state index contributed by atoms with van der Waals surface area (Å²) in [5.74, 6) is -0.893. The first kappa shape index (κ1) is 29.3. The summed E-state index contributed by atoms with van der Waals surface area (Å²) < 4.78 is 31.1. The number of alkyl halides is 1. The minimum atomic E-state index is -0.793. The van der Waals surface area contributed by atoms with Crippen molar-refractivity contribution in [3.05, 3.63) is 64.7 Å². The Labute approximate surface area is 234 Å². The number of benzene rings is 2. The number of unbranched alkanes of at least 4 members (excludes halogenated alkanes) is 1. The van der Waals surface area contributed by atoms with Gasteiger partial charge >= 0.3 is 6.09 Å². The van der Waals surface area contributed by atoms with Gasteiger partial charge in [0, 0.05) is 31.3 Å². The maximum Gasteiger partial charge on any atom is 0.409 e. The Morgan fingerprint density at radius 3 is 2.65 bits per heavy atom. The molecule has 40 heavy (non-hydrogen) atoms. The molecule has 10 heteroatoms. The SMILES string of the molecule is CCCCOC(=O)N1CCOC(CCCNC(=O)c2cc(C(=O)NC)c3c(c2)C(c2ccccc2)C(CF)O3)C1. The van der Waals surface area contributed by atoms with Crippen molar-refractivity contribution in [3.8, 4) is 5.75 Å². The number of rotatable bonds is 11. The molecule has 2 aliphatic rings. The van der Waals surface area contributed by atoms with Crippen LogP contribution in [0.5, 0.6) is 5.75 Å². The number of carbonyl (C=O) groups excluding carboxylic acids is 3. The summed E-state index contributed by atoms with van der Waals surface area (Å²) in [6.07, 6.45) is 1.86. The van der Waals surface area contributed by atoms with Crippen LogP contribution in [0.25, 0.3) is 0 Å². The molecule has 2 aromatic carbocycles. The van der Waals surface area contributed by atoms with Crippen LogP contribution in [0.1, 0.15) is 70.4 Å². The Balaban J connectivity index is 1.39. The lowest BCUT2D eigenvalue weighted by molar-refractivity contribution is -0.0311. The van der Waals surface area contributed by atoms with Gasteiger partial charge in [-0.2, -0.15) is 0 Å². The lowest BCUT2D eigenvalue weighted by atomic mass is 9.86. The van der Waals surface area contributed by atoms with E-state index in [1.807, 2.05) is 37.3 Å². The van der Waals surface area contributed by atoms with Crippen molar-refractivity contribution in [1.29, 1.82) is 0 Å². The monoisotopic (exact) mass is 555 g/mol. The van der Waals surface area contributed by atoms with E-state index >= 15 is 0 Å². The highest BCUT2D eigenvalue weighted by Crippen LogP contribution is 2.45. The number of amides is 3. The number of hydrogen-bond donors (Lipinski definition) is 2. The van der Waals surface area contributed by atoms with Crippen molar-refractivity contribution in [2.75, 3.05) is 46.6 Å². The second-order valence-electron chi connectivity index (χ2n) is 10.0. The molecule has 2 N–H and O–H groups in total. The second-order valence-corrected chi connectivity index (χ2v) is 10.0. The van der Waals surface area contributed by atoms with Crippen molar-refractivity contribution in [1.82, 2.24) is 15.5 Å². The molecule has 2 aliphatic heterocycles. The van der Waals surface area contributed by atoms with E-state index in [-0.39, 0.29) is 23.7 Å². The average Bonchev–Trinajstić information content (AvgIpc) is 3.37. The molecule has 0 radical (unpaired) electrons. The van der Waals surface area contributed by atoms with Crippen LogP contribution in [0, 0.1) is 0 Å². The number of hydrogen-bond acceptors (Lipinski definition) is 6. The number of halogens is 1. The predicted octanol–water partition coefficient (Wildman–Crippen LogP) is 4.06. The zero-order valence-corrected chi connectivity index (χ0v) is 23.1. The molecule has 4 rings (SSSR count). The summed E-state index contributed by atoms with van der Waals surface area (Å²) in [4.78, 5) is 39.8. The molecular weight excluding hydrogens is 517 g/mol. The molecule has 0 bridgehead atoms. The quantitative estimate of drug-likeness (QED) is 0.405. The summed E-state index contributed by atoms with van der Waals surface area (Å²) in [7, 11) is 1.50. The number of morpholine rings is 1. The van der Waals surface area contributed by atoms with Crippen LogP contribution in [-0.2, 0) is 9.47 Å². The van der Waals surface area contributed by atoms with Gasteiger partial charge < -0.3 is 29.7 Å². The van der Waals surface area contributed by atoms with Crippen LogP contribution in [0.3, 0.4) is 0 Å². The van der Waals surface area contributed by atoms with Gasteiger partial charge in [-0.3, -0.25) is 9.59 Å². The standard InChI is InChI=1S/C30H38FN3O6/c1-3-4-14-39-30(37)34-13-15-38-22(19-34)11-8-12-33-28(35)21-16-23-26(20-9-6-5-7-10-20)25(18-31)40-27(23)24(17-21)29(36)32-2/h5-7,9-10,16-17,22,25-26H,3-4,8,11-15,18-19H2,1-2H3,(H,32,36)(H,33,35). The Kier molecular flexibility index (Phi) is 10.3. The summed E-state index contributed by atoms with van der Waals surface area (Å²) in [6, 6.07) is 12.6. The molecule has 2 heterocycles. The molecule has 9 nitrogen and oxygen atoms in total. The van der Waals surface area contributed by atoms with Gasteiger partial charge in [-0.1, -0.05) is 43.7 Å². The van der Waals surface area contributed by atoms with E-state index in [9.17, 15) is 18.8 Å². The third kappa shape index (κ3) is 6.91. The van der Waals surface area contributed by atoms with Gasteiger partial charge in [0.05, 0.1) is 37.3 Å². The molecule has 3 amide bonds. The number of fused-ring (bicyclic) bond motifs is 1. The van der Waals surface area contributed by atoms with E-state index in [0.717, 1.165) is 18.4 Å². The molecule has 1 saturated heterocycles. The number of nitrogens with zero attached hydrogens (tertiary/aromatic N) is 1. The highest BCUT2D eigenvalue weighted by Gasteiger charge is 2.39. The predicted molar refractivity (Wildman–Crippen MR) is 148 cm³/mol. The summed E-state index contributed by atoms with van der Waals surface area (Å²) in [6.45, 7) is 3.51. The van der Waals surface area contributed by atoms with Crippen LogP contribution in [0.15, 0.2) is 42.5 Å². The van der Waals surface area contributed by atoms with E-state index in [1.165, 1.54) is 13.1 Å². The van der Waals surface area contributed by atoms with Gasteiger partial charge in [-0.15, -0.1) is 0 Å². The average molecular weight is 556 g/mol. The summed E-state index contributed by atoms with van der Waals surface area (Å²) >= 11 is 0. The molecule has 0 aliphatic carbocycles. The van der Waals surface area contributed by atoms with E-state index in [4.69, 9.17) is 14.2 Å². The number of nitrogens with one attached hydrogen (secondary N) is 2. The van der Waals surface area contributed by atoms with E-state index in [2.05, 4.69) is 10.6 Å². The van der Waals surface area contributed by atoms with Gasteiger partial charge in [0.15, 0.2) is 0 Å². The molecule has 3 unspecified atom stereocenters. The molecule has 2 aromatic rings. The lowest BCUT2D eigenvalue weighted by Crippen LogP contribution is -2.46. The Morgan fingerprint density at radius 1 is 1.12 bits per heavy atom. The molecule has 1 fully saturated rings. The normalized spacial score (nSPS) is 19.9. The van der Waals surface area contributed by atoms with E-state index in [0.29, 0.717) is 62.6 Å². The minimum Gasteiger partial charge on any atom is -0.486 e. The van der Waals surface area contributed by atoms with Crippen molar-refractivity contribution >= 4 is 17.9 Å². The highest BCUT2D eigenvalue weighted by molar-refractivity contribution is 6.02. The van der Waals surface area contributed by atoms with Crippen molar-refractivity contribution < 1.29 is 33.0 Å². The van der Waals surface area contributed by atoms with Gasteiger partial charge in [-0.25, -0.2) is 9.18 Å². The fraction of sp³-hybridized carbons (Fsp3) is 0.500. The first-order valence-corrected chi connectivity index (χ1v) is 14.0. The third-order valence-electron chi connectivity index (χ3n) is 7.25. The van der Waals surface area contributed by atoms with Crippen LogP contribution in [0.4, 0.5) is 9.18 Å². The first-order chi connectivity index (χ1) is 19.5.